The van der Waals surface area contributed by atoms with Crippen LogP contribution >= 0.6 is 15.9 Å². The monoisotopic (exact) mass is 317 g/mol. The Hall–Kier alpha value is -0.810. The SMILES string of the molecule is COc1cc(F)c(Br)c(C2(C(C)N)CC2)c1OC. The summed E-state index contributed by atoms with van der Waals surface area (Å²) in [5.41, 5.74) is 6.64. The standard InChI is InChI=1S/C13H17BrFNO2/c1-7(16)13(4-5-13)10-11(14)8(15)6-9(17-2)12(10)18-3/h6-7H,4-5,16H2,1-3H3. The van der Waals surface area contributed by atoms with Crippen LogP contribution in [0.3, 0.4) is 0 Å². The number of methoxy groups -OCH3 is 2. The van der Waals surface area contributed by atoms with Gasteiger partial charge < -0.3 is 15.2 Å². The van der Waals surface area contributed by atoms with E-state index in [9.17, 15) is 4.39 Å². The molecule has 0 aromatic heterocycles. The van der Waals surface area contributed by atoms with Crippen LogP contribution in [0.5, 0.6) is 11.5 Å². The topological polar surface area (TPSA) is 44.5 Å². The van der Waals surface area contributed by atoms with Gasteiger partial charge in [-0.2, -0.15) is 0 Å². The van der Waals surface area contributed by atoms with Crippen molar-refractivity contribution < 1.29 is 13.9 Å². The molecule has 0 amide bonds. The van der Waals surface area contributed by atoms with Gasteiger partial charge in [0.05, 0.1) is 18.7 Å². The highest BCUT2D eigenvalue weighted by molar-refractivity contribution is 9.10. The molecule has 0 aliphatic heterocycles. The first-order chi connectivity index (χ1) is 8.47. The fourth-order valence-corrected chi connectivity index (χ4v) is 3.14. The molecule has 100 valence electrons. The number of hydrogen-bond acceptors (Lipinski definition) is 3. The number of benzene rings is 1. The number of nitrogens with two attached hydrogens (primary N) is 1. The van der Waals surface area contributed by atoms with Crippen molar-refractivity contribution in [3.8, 4) is 11.5 Å². The van der Waals surface area contributed by atoms with Crippen molar-refractivity contribution in [2.75, 3.05) is 14.2 Å². The smallest absolute Gasteiger partial charge is 0.165 e. The van der Waals surface area contributed by atoms with Crippen molar-refractivity contribution in [2.45, 2.75) is 31.2 Å². The summed E-state index contributed by atoms with van der Waals surface area (Å²) in [4.78, 5) is 0. The lowest BCUT2D eigenvalue weighted by Crippen LogP contribution is -2.32. The molecule has 5 heteroatoms. The second-order valence-electron chi connectivity index (χ2n) is 4.73. The van der Waals surface area contributed by atoms with Crippen LogP contribution in [-0.4, -0.2) is 20.3 Å². The molecule has 0 radical (unpaired) electrons. The molecule has 3 nitrogen and oxygen atoms in total. The molecule has 1 aromatic rings. The molecule has 1 fully saturated rings. The number of hydrogen-bond donors (Lipinski definition) is 1. The van der Waals surface area contributed by atoms with Crippen LogP contribution in [0, 0.1) is 5.82 Å². The van der Waals surface area contributed by atoms with Crippen LogP contribution in [-0.2, 0) is 5.41 Å². The largest absolute Gasteiger partial charge is 0.493 e. The van der Waals surface area contributed by atoms with E-state index in [0.29, 0.717) is 16.0 Å². The predicted molar refractivity (Wildman–Crippen MR) is 71.8 cm³/mol. The van der Waals surface area contributed by atoms with Crippen LogP contribution in [0.15, 0.2) is 10.5 Å². The van der Waals surface area contributed by atoms with Gasteiger partial charge in [0.15, 0.2) is 11.5 Å². The lowest BCUT2D eigenvalue weighted by atomic mass is 9.88. The molecule has 0 heterocycles. The summed E-state index contributed by atoms with van der Waals surface area (Å²) in [5, 5.41) is 0. The third-order valence-corrected chi connectivity index (χ3v) is 4.50. The van der Waals surface area contributed by atoms with Gasteiger partial charge in [0.25, 0.3) is 0 Å². The van der Waals surface area contributed by atoms with Crippen molar-refractivity contribution in [2.24, 2.45) is 5.73 Å². The van der Waals surface area contributed by atoms with E-state index in [0.717, 1.165) is 18.4 Å². The molecule has 1 aliphatic rings. The highest BCUT2D eigenvalue weighted by atomic mass is 79.9. The lowest BCUT2D eigenvalue weighted by molar-refractivity contribution is 0.342. The minimum Gasteiger partial charge on any atom is -0.493 e. The average Bonchev–Trinajstić information content (AvgIpc) is 3.12. The fraction of sp³-hybridized carbons (Fsp3) is 0.538. The van der Waals surface area contributed by atoms with Crippen LogP contribution in [0.25, 0.3) is 0 Å². The number of ether oxygens (including phenoxy) is 2. The Morgan fingerprint density at radius 3 is 2.39 bits per heavy atom. The molecule has 1 aliphatic carbocycles. The highest BCUT2D eigenvalue weighted by Gasteiger charge is 2.51. The predicted octanol–water partition coefficient (Wildman–Crippen LogP) is 2.98. The van der Waals surface area contributed by atoms with Gasteiger partial charge in [0.2, 0.25) is 0 Å². The van der Waals surface area contributed by atoms with Gasteiger partial charge in [0.1, 0.15) is 5.82 Å². The van der Waals surface area contributed by atoms with E-state index in [2.05, 4.69) is 15.9 Å². The average molecular weight is 318 g/mol. The summed E-state index contributed by atoms with van der Waals surface area (Å²) in [7, 11) is 3.06. The zero-order valence-corrected chi connectivity index (χ0v) is 12.3. The van der Waals surface area contributed by atoms with Crippen LogP contribution in [0.2, 0.25) is 0 Å². The van der Waals surface area contributed by atoms with Gasteiger partial charge in [-0.05, 0) is 35.7 Å². The van der Waals surface area contributed by atoms with Crippen molar-refractivity contribution in [3.63, 3.8) is 0 Å². The lowest BCUT2D eigenvalue weighted by Gasteiger charge is -2.25. The fourth-order valence-electron chi connectivity index (χ4n) is 2.45. The quantitative estimate of drug-likeness (QED) is 0.928. The maximum atomic E-state index is 13.9. The molecular formula is C13H17BrFNO2. The Balaban J connectivity index is 2.68. The zero-order valence-electron chi connectivity index (χ0n) is 10.7. The van der Waals surface area contributed by atoms with Gasteiger partial charge in [-0.1, -0.05) is 0 Å². The first kappa shape index (κ1) is 13.6. The molecule has 0 saturated heterocycles. The number of rotatable bonds is 4. The maximum Gasteiger partial charge on any atom is 0.165 e. The summed E-state index contributed by atoms with van der Waals surface area (Å²) in [6.45, 7) is 1.94. The first-order valence-electron chi connectivity index (χ1n) is 5.84. The molecule has 2 rings (SSSR count). The molecule has 0 spiro atoms. The molecule has 0 bridgehead atoms. The van der Waals surface area contributed by atoms with E-state index < -0.39 is 0 Å². The highest BCUT2D eigenvalue weighted by Crippen LogP contribution is 2.57. The molecule has 1 saturated carbocycles. The van der Waals surface area contributed by atoms with E-state index in [1.165, 1.54) is 13.2 Å². The Kier molecular flexibility index (Phi) is 3.56. The van der Waals surface area contributed by atoms with Gasteiger partial charge in [0, 0.05) is 23.1 Å². The Labute approximate surface area is 115 Å². The van der Waals surface area contributed by atoms with Crippen LogP contribution in [0.4, 0.5) is 4.39 Å². The summed E-state index contributed by atoms with van der Waals surface area (Å²) in [5.74, 6) is 0.621. The van der Waals surface area contributed by atoms with Gasteiger partial charge in [-0.3, -0.25) is 0 Å². The molecule has 1 aromatic carbocycles. The first-order valence-corrected chi connectivity index (χ1v) is 6.63. The maximum absolute atomic E-state index is 13.9. The van der Waals surface area contributed by atoms with Crippen molar-refractivity contribution >= 4 is 15.9 Å². The second kappa shape index (κ2) is 4.70. The minimum absolute atomic E-state index is 0.0609. The van der Waals surface area contributed by atoms with Crippen molar-refractivity contribution in [1.29, 1.82) is 0 Å². The molecule has 1 atom stereocenters. The van der Waals surface area contributed by atoms with Crippen molar-refractivity contribution in [1.82, 2.24) is 0 Å². The number of halogens is 2. The van der Waals surface area contributed by atoms with Gasteiger partial charge in [-0.25, -0.2) is 4.39 Å². The molecule has 1 unspecified atom stereocenters. The summed E-state index contributed by atoms with van der Waals surface area (Å²) in [6, 6.07) is 1.26. The molecular weight excluding hydrogens is 301 g/mol. The van der Waals surface area contributed by atoms with E-state index in [4.69, 9.17) is 15.2 Å². The normalized spacial score (nSPS) is 18.3. The third kappa shape index (κ3) is 1.89. The third-order valence-electron chi connectivity index (χ3n) is 3.72. The van der Waals surface area contributed by atoms with Gasteiger partial charge in [-0.15, -0.1) is 0 Å². The van der Waals surface area contributed by atoms with Gasteiger partial charge >= 0.3 is 0 Å². The summed E-state index contributed by atoms with van der Waals surface area (Å²) >= 11 is 3.31. The van der Waals surface area contributed by atoms with E-state index in [-0.39, 0.29) is 17.3 Å². The summed E-state index contributed by atoms with van der Waals surface area (Å²) in [6.07, 6.45) is 1.87. The Morgan fingerprint density at radius 1 is 1.39 bits per heavy atom. The Bertz CT molecular complexity index is 473. The zero-order chi connectivity index (χ0) is 13.5. The van der Waals surface area contributed by atoms with Crippen LogP contribution < -0.4 is 15.2 Å². The van der Waals surface area contributed by atoms with E-state index >= 15 is 0 Å². The second-order valence-corrected chi connectivity index (χ2v) is 5.52. The van der Waals surface area contributed by atoms with E-state index in [1.807, 2.05) is 6.92 Å². The van der Waals surface area contributed by atoms with Crippen LogP contribution in [0.1, 0.15) is 25.3 Å². The molecule has 2 N–H and O–H groups in total. The van der Waals surface area contributed by atoms with E-state index in [1.54, 1.807) is 7.11 Å². The molecule has 18 heavy (non-hydrogen) atoms. The Morgan fingerprint density at radius 2 is 2.00 bits per heavy atom. The summed E-state index contributed by atoms with van der Waals surface area (Å²) < 4.78 is 25.0. The minimum atomic E-state index is -0.352. The van der Waals surface area contributed by atoms with Crippen molar-refractivity contribution in [3.05, 3.63) is 21.9 Å².